The number of hydrogen-bond acceptors (Lipinski definition) is 2. The number of nitrogens with two attached hydrogens (primary N) is 1. The lowest BCUT2D eigenvalue weighted by Gasteiger charge is -2.19. The Balaban J connectivity index is 2.26. The minimum atomic E-state index is 0.251. The number of fused-ring (bicyclic) bond motifs is 1. The highest BCUT2D eigenvalue weighted by molar-refractivity contribution is 5.40. The van der Waals surface area contributed by atoms with E-state index < -0.39 is 0 Å². The third kappa shape index (κ3) is 1.77. The van der Waals surface area contributed by atoms with Gasteiger partial charge >= 0.3 is 0 Å². The molecule has 0 aromatic carbocycles. The van der Waals surface area contributed by atoms with Crippen LogP contribution < -0.4 is 5.73 Å². The van der Waals surface area contributed by atoms with E-state index in [1.165, 1.54) is 5.57 Å². The summed E-state index contributed by atoms with van der Waals surface area (Å²) >= 11 is 0. The Hall–Kier alpha value is -1.18. The van der Waals surface area contributed by atoms with Crippen LogP contribution in [-0.2, 0) is 4.74 Å². The molecular formula is C14H21NO. The van der Waals surface area contributed by atoms with Crippen LogP contribution in [0.4, 0.5) is 0 Å². The van der Waals surface area contributed by atoms with Crippen molar-refractivity contribution in [2.45, 2.75) is 39.7 Å². The molecule has 1 fully saturated rings. The van der Waals surface area contributed by atoms with Gasteiger partial charge in [0.15, 0.2) is 0 Å². The van der Waals surface area contributed by atoms with Crippen LogP contribution in [-0.4, -0.2) is 6.10 Å². The summed E-state index contributed by atoms with van der Waals surface area (Å²) < 4.78 is 5.91. The van der Waals surface area contributed by atoms with Crippen LogP contribution in [0.5, 0.6) is 0 Å². The summed E-state index contributed by atoms with van der Waals surface area (Å²) in [5.74, 6) is 1.88. The zero-order valence-electron chi connectivity index (χ0n) is 10.4. The highest BCUT2D eigenvalue weighted by atomic mass is 16.5. The van der Waals surface area contributed by atoms with Gasteiger partial charge in [0, 0.05) is 11.8 Å². The van der Waals surface area contributed by atoms with Crippen molar-refractivity contribution in [1.29, 1.82) is 0 Å². The summed E-state index contributed by atoms with van der Waals surface area (Å²) in [6.07, 6.45) is 8.98. The van der Waals surface area contributed by atoms with Crippen LogP contribution in [0.25, 0.3) is 0 Å². The van der Waals surface area contributed by atoms with E-state index in [1.54, 1.807) is 0 Å². The van der Waals surface area contributed by atoms with Crippen LogP contribution in [0.15, 0.2) is 35.3 Å². The summed E-state index contributed by atoms with van der Waals surface area (Å²) in [6.45, 7) is 6.35. The Morgan fingerprint density at radius 3 is 2.94 bits per heavy atom. The van der Waals surface area contributed by atoms with Crippen molar-refractivity contribution < 1.29 is 4.74 Å². The lowest BCUT2D eigenvalue weighted by Crippen LogP contribution is -2.16. The lowest BCUT2D eigenvalue weighted by molar-refractivity contribution is 0.145. The fourth-order valence-electron chi connectivity index (χ4n) is 2.49. The molecule has 16 heavy (non-hydrogen) atoms. The van der Waals surface area contributed by atoms with Crippen LogP contribution in [0, 0.1) is 11.8 Å². The molecule has 0 bridgehead atoms. The molecule has 0 spiro atoms. The standard InChI is InChI=1S/C14H21NO/c1-4-5-6-11-10(3)16-14-12(11)8-7-9(2)13(14)15/h4-5,8-11H,6-7,15H2,1-3H3/b5-4-. The van der Waals surface area contributed by atoms with E-state index >= 15 is 0 Å². The fourth-order valence-corrected chi connectivity index (χ4v) is 2.49. The largest absolute Gasteiger partial charge is 0.488 e. The lowest BCUT2D eigenvalue weighted by atomic mass is 9.85. The van der Waals surface area contributed by atoms with Gasteiger partial charge < -0.3 is 10.5 Å². The van der Waals surface area contributed by atoms with Gasteiger partial charge in [-0.05, 0) is 32.3 Å². The molecule has 0 aromatic heterocycles. The molecule has 1 heterocycles. The topological polar surface area (TPSA) is 35.2 Å². The fraction of sp³-hybridized carbons (Fsp3) is 0.571. The third-order valence-electron chi connectivity index (χ3n) is 3.64. The van der Waals surface area contributed by atoms with E-state index in [1.807, 2.05) is 0 Å². The van der Waals surface area contributed by atoms with Crippen LogP contribution in [0.3, 0.4) is 0 Å². The molecule has 1 aliphatic carbocycles. The molecule has 2 rings (SSSR count). The van der Waals surface area contributed by atoms with Crippen molar-refractivity contribution in [3.8, 4) is 0 Å². The van der Waals surface area contributed by atoms with E-state index in [4.69, 9.17) is 10.5 Å². The molecule has 3 atom stereocenters. The zero-order valence-corrected chi connectivity index (χ0v) is 10.4. The summed E-state index contributed by atoms with van der Waals surface area (Å²) in [5, 5.41) is 0. The van der Waals surface area contributed by atoms with E-state index in [0.717, 1.165) is 24.3 Å². The average Bonchev–Trinajstić information content (AvgIpc) is 2.58. The van der Waals surface area contributed by atoms with Crippen molar-refractivity contribution in [2.24, 2.45) is 17.6 Å². The van der Waals surface area contributed by atoms with Gasteiger partial charge in [-0.15, -0.1) is 0 Å². The molecule has 2 heteroatoms. The quantitative estimate of drug-likeness (QED) is 0.724. The molecule has 0 saturated carbocycles. The SMILES string of the molecule is C/C=C\CC1C2=CCC(C)C(N)=C2OC1C. The van der Waals surface area contributed by atoms with Crippen molar-refractivity contribution >= 4 is 0 Å². The van der Waals surface area contributed by atoms with E-state index in [9.17, 15) is 0 Å². The second kappa shape index (κ2) is 4.36. The van der Waals surface area contributed by atoms with E-state index in [2.05, 4.69) is 39.0 Å². The summed E-state index contributed by atoms with van der Waals surface area (Å²) in [7, 11) is 0. The molecule has 88 valence electrons. The first kappa shape index (κ1) is 11.3. The van der Waals surface area contributed by atoms with Gasteiger partial charge in [-0.3, -0.25) is 0 Å². The van der Waals surface area contributed by atoms with Crippen molar-refractivity contribution in [3.63, 3.8) is 0 Å². The smallest absolute Gasteiger partial charge is 0.141 e. The molecule has 0 radical (unpaired) electrons. The monoisotopic (exact) mass is 219 g/mol. The van der Waals surface area contributed by atoms with Gasteiger partial charge in [-0.25, -0.2) is 0 Å². The second-order valence-corrected chi connectivity index (χ2v) is 4.81. The molecule has 2 aliphatic rings. The maximum absolute atomic E-state index is 6.11. The molecule has 2 N–H and O–H groups in total. The first-order valence-electron chi connectivity index (χ1n) is 6.13. The molecule has 0 amide bonds. The molecule has 0 aromatic rings. The molecule has 2 nitrogen and oxygen atoms in total. The Labute approximate surface area is 97.9 Å². The summed E-state index contributed by atoms with van der Waals surface area (Å²) in [4.78, 5) is 0. The molecule has 3 unspecified atom stereocenters. The number of allylic oxidation sites excluding steroid dienone is 5. The first-order chi connectivity index (χ1) is 7.65. The van der Waals surface area contributed by atoms with Gasteiger partial charge in [0.25, 0.3) is 0 Å². The predicted molar refractivity (Wildman–Crippen MR) is 66.5 cm³/mol. The minimum absolute atomic E-state index is 0.251. The van der Waals surface area contributed by atoms with Crippen molar-refractivity contribution in [2.75, 3.05) is 0 Å². The number of hydrogen-bond donors (Lipinski definition) is 1. The van der Waals surface area contributed by atoms with Gasteiger partial charge in [0.1, 0.15) is 11.9 Å². The maximum atomic E-state index is 6.11. The summed E-state index contributed by atoms with van der Waals surface area (Å²) in [6, 6.07) is 0. The third-order valence-corrected chi connectivity index (χ3v) is 3.64. The average molecular weight is 219 g/mol. The maximum Gasteiger partial charge on any atom is 0.141 e. The zero-order chi connectivity index (χ0) is 11.7. The summed E-state index contributed by atoms with van der Waals surface area (Å²) in [5.41, 5.74) is 8.38. The van der Waals surface area contributed by atoms with Gasteiger partial charge in [0.05, 0.1) is 5.70 Å². The van der Waals surface area contributed by atoms with E-state index in [0.29, 0.717) is 11.8 Å². The van der Waals surface area contributed by atoms with Crippen LogP contribution in [0.1, 0.15) is 33.6 Å². The number of rotatable bonds is 2. The van der Waals surface area contributed by atoms with Gasteiger partial charge in [-0.2, -0.15) is 0 Å². The van der Waals surface area contributed by atoms with Crippen molar-refractivity contribution in [3.05, 3.63) is 35.3 Å². The molecule has 1 aliphatic heterocycles. The number of ether oxygens (including phenoxy) is 1. The minimum Gasteiger partial charge on any atom is -0.488 e. The highest BCUT2D eigenvalue weighted by Crippen LogP contribution is 2.42. The van der Waals surface area contributed by atoms with E-state index in [-0.39, 0.29) is 6.10 Å². The normalized spacial score (nSPS) is 33.9. The van der Waals surface area contributed by atoms with Crippen LogP contribution >= 0.6 is 0 Å². The van der Waals surface area contributed by atoms with Crippen LogP contribution in [0.2, 0.25) is 0 Å². The highest BCUT2D eigenvalue weighted by Gasteiger charge is 2.37. The van der Waals surface area contributed by atoms with Gasteiger partial charge in [0.2, 0.25) is 0 Å². The first-order valence-corrected chi connectivity index (χ1v) is 6.13. The Morgan fingerprint density at radius 1 is 1.50 bits per heavy atom. The Kier molecular flexibility index (Phi) is 3.08. The predicted octanol–water partition coefficient (Wildman–Crippen LogP) is 3.12. The Morgan fingerprint density at radius 2 is 2.25 bits per heavy atom. The Bertz CT molecular complexity index is 365. The molecule has 1 saturated heterocycles. The van der Waals surface area contributed by atoms with Crippen molar-refractivity contribution in [1.82, 2.24) is 0 Å². The van der Waals surface area contributed by atoms with Gasteiger partial charge in [-0.1, -0.05) is 25.2 Å². The molecular weight excluding hydrogens is 198 g/mol. The second-order valence-electron chi connectivity index (χ2n) is 4.81.